The molecule has 2 aromatic carbocycles. The molecule has 0 saturated heterocycles. The Bertz CT molecular complexity index is 889. The molecule has 7 heteroatoms. The average Bonchev–Trinajstić information content (AvgIpc) is 3.11. The van der Waals surface area contributed by atoms with Crippen molar-refractivity contribution in [3.63, 3.8) is 0 Å². The summed E-state index contributed by atoms with van der Waals surface area (Å²) in [5.41, 5.74) is 1.92. The lowest BCUT2D eigenvalue weighted by Crippen LogP contribution is -2.34. The van der Waals surface area contributed by atoms with Gasteiger partial charge in [-0.1, -0.05) is 31.9 Å². The number of carbonyl (C=O) groups excluding carboxylic acids is 1. The number of nitrogens with zero attached hydrogens (tertiary/aromatic N) is 1. The van der Waals surface area contributed by atoms with Crippen molar-refractivity contribution in [1.82, 2.24) is 10.3 Å². The second kappa shape index (κ2) is 9.14. The number of para-hydroxylation sites is 2. The zero-order valence-electron chi connectivity index (χ0n) is 15.0. The molecule has 0 bridgehead atoms. The molecule has 0 aliphatic heterocycles. The highest BCUT2D eigenvalue weighted by atomic mass is 32.1. The fourth-order valence-electron chi connectivity index (χ4n) is 2.46. The van der Waals surface area contributed by atoms with Gasteiger partial charge in [0.05, 0.1) is 6.61 Å². The van der Waals surface area contributed by atoms with Gasteiger partial charge in [0.1, 0.15) is 11.3 Å². The standard InChI is InChI=1S/C20H21N3O3S/c1-2-3-6-13-25-15-11-9-14(10-12-15)21-20(27)23-18(24)19-22-16-7-4-5-8-17(16)26-19/h4-5,7-12H,2-3,6,13H2,1H3,(H2,21,23,24,27). The summed E-state index contributed by atoms with van der Waals surface area (Å²) in [4.78, 5) is 16.4. The highest BCUT2D eigenvalue weighted by molar-refractivity contribution is 7.80. The molecule has 6 nitrogen and oxygen atoms in total. The van der Waals surface area contributed by atoms with Crippen LogP contribution in [0.1, 0.15) is 36.9 Å². The number of thiocarbonyl (C=S) groups is 1. The normalized spacial score (nSPS) is 10.6. The molecule has 0 radical (unpaired) electrons. The number of aromatic nitrogens is 1. The Labute approximate surface area is 162 Å². The molecule has 0 atom stereocenters. The molecule has 0 fully saturated rings. The Morgan fingerprint density at radius 2 is 1.93 bits per heavy atom. The number of carbonyl (C=O) groups is 1. The number of benzene rings is 2. The summed E-state index contributed by atoms with van der Waals surface area (Å²) in [5.74, 6) is 0.272. The first-order valence-corrected chi connectivity index (χ1v) is 9.27. The maximum absolute atomic E-state index is 12.2. The molecular formula is C20H21N3O3S. The number of rotatable bonds is 7. The largest absolute Gasteiger partial charge is 0.494 e. The predicted octanol–water partition coefficient (Wildman–Crippen LogP) is 4.52. The van der Waals surface area contributed by atoms with Crippen LogP contribution < -0.4 is 15.4 Å². The van der Waals surface area contributed by atoms with E-state index in [4.69, 9.17) is 21.4 Å². The number of hydrogen-bond donors (Lipinski definition) is 2. The topological polar surface area (TPSA) is 76.4 Å². The Balaban J connectivity index is 1.51. The first-order chi connectivity index (χ1) is 13.2. The number of anilines is 1. The molecule has 0 unspecified atom stereocenters. The van der Waals surface area contributed by atoms with Gasteiger partial charge < -0.3 is 14.5 Å². The summed E-state index contributed by atoms with van der Waals surface area (Å²) in [7, 11) is 0. The van der Waals surface area contributed by atoms with Crippen molar-refractivity contribution in [3.8, 4) is 5.75 Å². The number of oxazole rings is 1. The van der Waals surface area contributed by atoms with Gasteiger partial charge in [0.2, 0.25) is 0 Å². The maximum Gasteiger partial charge on any atom is 0.313 e. The van der Waals surface area contributed by atoms with Crippen LogP contribution in [0.4, 0.5) is 5.69 Å². The Morgan fingerprint density at radius 1 is 1.15 bits per heavy atom. The summed E-state index contributed by atoms with van der Waals surface area (Å²) in [6.07, 6.45) is 3.37. The molecule has 27 heavy (non-hydrogen) atoms. The molecule has 1 amide bonds. The molecule has 2 N–H and O–H groups in total. The number of nitrogens with one attached hydrogen (secondary N) is 2. The van der Waals surface area contributed by atoms with Crippen molar-refractivity contribution in [1.29, 1.82) is 0 Å². The van der Waals surface area contributed by atoms with Crippen molar-refractivity contribution in [2.45, 2.75) is 26.2 Å². The summed E-state index contributed by atoms with van der Waals surface area (Å²) >= 11 is 5.18. The molecule has 3 rings (SSSR count). The van der Waals surface area contributed by atoms with Crippen LogP contribution in [-0.2, 0) is 0 Å². The minimum atomic E-state index is -0.500. The summed E-state index contributed by atoms with van der Waals surface area (Å²) in [5, 5.41) is 5.68. The van der Waals surface area contributed by atoms with E-state index in [1.54, 1.807) is 12.1 Å². The summed E-state index contributed by atoms with van der Waals surface area (Å²) in [6, 6.07) is 14.6. The minimum absolute atomic E-state index is 0.0313. The molecule has 0 aliphatic carbocycles. The van der Waals surface area contributed by atoms with Gasteiger partial charge in [-0.25, -0.2) is 4.98 Å². The van der Waals surface area contributed by atoms with Gasteiger partial charge in [-0.05, 0) is 55.0 Å². The molecule has 140 valence electrons. The van der Waals surface area contributed by atoms with Crippen LogP contribution >= 0.6 is 12.2 Å². The molecule has 3 aromatic rings. The van der Waals surface area contributed by atoms with Crippen LogP contribution in [0, 0.1) is 0 Å². The third-order valence-electron chi connectivity index (χ3n) is 3.84. The molecule has 0 spiro atoms. The maximum atomic E-state index is 12.2. The molecule has 0 aliphatic rings. The van der Waals surface area contributed by atoms with Crippen LogP contribution in [0.15, 0.2) is 52.9 Å². The lowest BCUT2D eigenvalue weighted by Gasteiger charge is -2.10. The van der Waals surface area contributed by atoms with E-state index >= 15 is 0 Å². The third-order valence-corrected chi connectivity index (χ3v) is 4.05. The SMILES string of the molecule is CCCCCOc1ccc(NC(=S)NC(=O)c2nc3ccccc3o2)cc1. The van der Waals surface area contributed by atoms with E-state index in [0.29, 0.717) is 17.7 Å². The highest BCUT2D eigenvalue weighted by Crippen LogP contribution is 2.17. The quantitative estimate of drug-likeness (QED) is 0.461. The van der Waals surface area contributed by atoms with Crippen LogP contribution in [0.5, 0.6) is 5.75 Å². The van der Waals surface area contributed by atoms with Gasteiger partial charge in [-0.3, -0.25) is 10.1 Å². The van der Waals surface area contributed by atoms with E-state index in [1.807, 2.05) is 36.4 Å². The molecule has 0 saturated carbocycles. The smallest absolute Gasteiger partial charge is 0.313 e. The average molecular weight is 383 g/mol. The van der Waals surface area contributed by atoms with Crippen LogP contribution in [0.2, 0.25) is 0 Å². The number of fused-ring (bicyclic) bond motifs is 1. The van der Waals surface area contributed by atoms with Gasteiger partial charge in [0.15, 0.2) is 10.7 Å². The van der Waals surface area contributed by atoms with E-state index in [1.165, 1.54) is 6.42 Å². The van der Waals surface area contributed by atoms with E-state index in [9.17, 15) is 4.79 Å². The summed E-state index contributed by atoms with van der Waals surface area (Å²) < 4.78 is 11.1. The Hall–Kier alpha value is -2.93. The first-order valence-electron chi connectivity index (χ1n) is 8.86. The van der Waals surface area contributed by atoms with Gasteiger partial charge in [-0.2, -0.15) is 0 Å². The van der Waals surface area contributed by atoms with E-state index in [0.717, 1.165) is 24.3 Å². The highest BCUT2D eigenvalue weighted by Gasteiger charge is 2.15. The second-order valence-corrected chi connectivity index (χ2v) is 6.38. The first kappa shape index (κ1) is 18.8. The zero-order chi connectivity index (χ0) is 19.1. The minimum Gasteiger partial charge on any atom is -0.494 e. The van der Waals surface area contributed by atoms with Crippen molar-refractivity contribution in [2.75, 3.05) is 11.9 Å². The third kappa shape index (κ3) is 5.27. The molecule has 1 heterocycles. The van der Waals surface area contributed by atoms with Gasteiger partial charge in [0, 0.05) is 5.69 Å². The van der Waals surface area contributed by atoms with Gasteiger partial charge in [0.25, 0.3) is 5.89 Å². The van der Waals surface area contributed by atoms with Crippen LogP contribution in [-0.4, -0.2) is 22.6 Å². The van der Waals surface area contributed by atoms with Crippen LogP contribution in [0.3, 0.4) is 0 Å². The predicted molar refractivity (Wildman–Crippen MR) is 109 cm³/mol. The second-order valence-electron chi connectivity index (χ2n) is 5.97. The van der Waals surface area contributed by atoms with Gasteiger partial charge >= 0.3 is 5.91 Å². The number of ether oxygens (including phenoxy) is 1. The van der Waals surface area contributed by atoms with Crippen LogP contribution in [0.25, 0.3) is 11.1 Å². The molecule has 1 aromatic heterocycles. The van der Waals surface area contributed by atoms with Gasteiger partial charge in [-0.15, -0.1) is 0 Å². The molecular weight excluding hydrogens is 362 g/mol. The van der Waals surface area contributed by atoms with Crippen molar-refractivity contribution in [3.05, 3.63) is 54.4 Å². The van der Waals surface area contributed by atoms with Crippen molar-refractivity contribution < 1.29 is 13.9 Å². The number of hydrogen-bond acceptors (Lipinski definition) is 5. The monoisotopic (exact) mass is 383 g/mol. The number of amides is 1. The number of unbranched alkanes of at least 4 members (excludes halogenated alkanes) is 2. The van der Waals surface area contributed by atoms with E-state index < -0.39 is 5.91 Å². The lowest BCUT2D eigenvalue weighted by molar-refractivity contribution is 0.0946. The lowest BCUT2D eigenvalue weighted by atomic mass is 10.2. The fourth-order valence-corrected chi connectivity index (χ4v) is 2.68. The fraction of sp³-hybridized carbons (Fsp3) is 0.250. The Kier molecular flexibility index (Phi) is 6.38. The van der Waals surface area contributed by atoms with E-state index in [-0.39, 0.29) is 11.0 Å². The van der Waals surface area contributed by atoms with E-state index in [2.05, 4.69) is 22.5 Å². The Morgan fingerprint density at radius 3 is 2.67 bits per heavy atom. The van der Waals surface area contributed by atoms with Crippen molar-refractivity contribution in [2.24, 2.45) is 0 Å². The van der Waals surface area contributed by atoms with Crippen molar-refractivity contribution >= 4 is 40.0 Å². The zero-order valence-corrected chi connectivity index (χ0v) is 15.8. The summed E-state index contributed by atoms with van der Waals surface area (Å²) in [6.45, 7) is 2.87.